The van der Waals surface area contributed by atoms with Crippen molar-refractivity contribution in [2.24, 2.45) is 0 Å². The number of benzene rings is 1. The van der Waals surface area contributed by atoms with E-state index in [4.69, 9.17) is 9.15 Å². The topological polar surface area (TPSA) is 39.4 Å². The molecule has 0 saturated heterocycles. The zero-order valence-electron chi connectivity index (χ0n) is 12.1. The average molecular weight is 272 g/mol. The molecule has 0 amide bonds. The number of rotatable bonds is 5. The second-order valence-corrected chi connectivity index (χ2v) is 5.59. The molecule has 0 aliphatic heterocycles. The van der Waals surface area contributed by atoms with Gasteiger partial charge in [0.25, 0.3) is 0 Å². The van der Waals surface area contributed by atoms with Crippen LogP contribution in [0.5, 0.6) is 0 Å². The van der Waals surface area contributed by atoms with Crippen LogP contribution in [0.15, 0.2) is 28.7 Å². The van der Waals surface area contributed by atoms with E-state index >= 15 is 0 Å². The second kappa shape index (κ2) is 5.06. The van der Waals surface area contributed by atoms with E-state index in [0.717, 1.165) is 48.0 Å². The lowest BCUT2D eigenvalue weighted by atomic mass is 9.75. The van der Waals surface area contributed by atoms with Gasteiger partial charge >= 0.3 is 0 Å². The highest BCUT2D eigenvalue weighted by atomic mass is 16.5. The van der Waals surface area contributed by atoms with Crippen LogP contribution < -0.4 is 0 Å². The van der Waals surface area contributed by atoms with Gasteiger partial charge < -0.3 is 9.15 Å². The van der Waals surface area contributed by atoms with Gasteiger partial charge in [-0.05, 0) is 25.3 Å². The number of hydrogen-bond donors (Lipinski definition) is 0. The molecule has 0 N–H and O–H groups in total. The summed E-state index contributed by atoms with van der Waals surface area (Å²) < 4.78 is 11.4. The quantitative estimate of drug-likeness (QED) is 0.768. The monoisotopic (exact) mass is 272 g/mol. The van der Waals surface area contributed by atoms with Gasteiger partial charge in [0.1, 0.15) is 11.3 Å². The van der Waals surface area contributed by atoms with Crippen molar-refractivity contribution in [1.29, 1.82) is 0 Å². The van der Waals surface area contributed by atoms with E-state index in [1.165, 1.54) is 0 Å². The van der Waals surface area contributed by atoms with Gasteiger partial charge in [0.2, 0.25) is 0 Å². The first-order chi connectivity index (χ1) is 9.69. The summed E-state index contributed by atoms with van der Waals surface area (Å²) in [6.07, 6.45) is 4.29. The van der Waals surface area contributed by atoms with Crippen molar-refractivity contribution >= 4 is 16.8 Å². The first-order valence-corrected chi connectivity index (χ1v) is 7.28. The van der Waals surface area contributed by atoms with Gasteiger partial charge in [-0.2, -0.15) is 0 Å². The van der Waals surface area contributed by atoms with E-state index < -0.39 is 0 Å². The van der Waals surface area contributed by atoms with E-state index in [-0.39, 0.29) is 11.4 Å². The summed E-state index contributed by atoms with van der Waals surface area (Å²) in [5.41, 5.74) is 1.32. The Morgan fingerprint density at radius 2 is 2.10 bits per heavy atom. The van der Waals surface area contributed by atoms with Crippen molar-refractivity contribution in [1.82, 2.24) is 0 Å². The molecule has 1 aromatic heterocycles. The summed E-state index contributed by atoms with van der Waals surface area (Å²) in [7, 11) is 1.71. The molecule has 0 atom stereocenters. The fourth-order valence-corrected chi connectivity index (χ4v) is 3.06. The Balaban J connectivity index is 1.98. The Morgan fingerprint density at radius 3 is 2.70 bits per heavy atom. The molecule has 20 heavy (non-hydrogen) atoms. The number of fused-ring (bicyclic) bond motifs is 1. The smallest absolute Gasteiger partial charge is 0.169 e. The molecule has 0 radical (unpaired) electrons. The maximum Gasteiger partial charge on any atom is 0.169 e. The van der Waals surface area contributed by atoms with Crippen LogP contribution in [0.3, 0.4) is 0 Å². The SMILES string of the molecule is CCc1oc2ccccc2c1C(=O)CC1(OC)CCC1. The minimum atomic E-state index is -0.236. The number of carbonyl (C=O) groups is 1. The van der Waals surface area contributed by atoms with Gasteiger partial charge in [0.05, 0.1) is 11.2 Å². The molecule has 106 valence electrons. The molecule has 1 aliphatic carbocycles. The maximum absolute atomic E-state index is 12.7. The van der Waals surface area contributed by atoms with Gasteiger partial charge in [0, 0.05) is 25.3 Å². The normalized spacial score (nSPS) is 17.1. The Morgan fingerprint density at radius 1 is 1.35 bits per heavy atom. The minimum absolute atomic E-state index is 0.147. The van der Waals surface area contributed by atoms with E-state index in [2.05, 4.69) is 0 Å². The van der Waals surface area contributed by atoms with Crippen molar-refractivity contribution in [2.75, 3.05) is 7.11 Å². The third-order valence-corrected chi connectivity index (χ3v) is 4.45. The molecule has 3 nitrogen and oxygen atoms in total. The number of aryl methyl sites for hydroxylation is 1. The summed E-state index contributed by atoms with van der Waals surface area (Å²) in [6.45, 7) is 2.02. The van der Waals surface area contributed by atoms with E-state index in [0.29, 0.717) is 6.42 Å². The van der Waals surface area contributed by atoms with Crippen LogP contribution in [0.4, 0.5) is 0 Å². The first-order valence-electron chi connectivity index (χ1n) is 7.28. The van der Waals surface area contributed by atoms with Gasteiger partial charge in [0.15, 0.2) is 5.78 Å². The standard InChI is InChI=1S/C17H20O3/c1-3-14-16(12-7-4-5-8-15(12)20-14)13(18)11-17(19-2)9-6-10-17/h4-5,7-8H,3,6,9-11H2,1-2H3. The van der Waals surface area contributed by atoms with Crippen molar-refractivity contribution < 1.29 is 13.9 Å². The number of furan rings is 1. The van der Waals surface area contributed by atoms with Crippen molar-refractivity contribution in [3.05, 3.63) is 35.6 Å². The highest BCUT2D eigenvalue weighted by molar-refractivity contribution is 6.08. The molecule has 3 rings (SSSR count). The zero-order chi connectivity index (χ0) is 14.2. The maximum atomic E-state index is 12.7. The number of Topliss-reactive ketones (excluding diaryl/α,β-unsaturated/α-hetero) is 1. The van der Waals surface area contributed by atoms with Crippen LogP contribution >= 0.6 is 0 Å². The number of methoxy groups -OCH3 is 1. The van der Waals surface area contributed by atoms with Crippen LogP contribution in [0.1, 0.15) is 48.7 Å². The third kappa shape index (κ3) is 2.06. The van der Waals surface area contributed by atoms with Gasteiger partial charge in [-0.25, -0.2) is 0 Å². The third-order valence-electron chi connectivity index (χ3n) is 4.45. The molecule has 2 aromatic rings. The Hall–Kier alpha value is -1.61. The van der Waals surface area contributed by atoms with Crippen LogP contribution in [0.2, 0.25) is 0 Å². The molecule has 0 unspecified atom stereocenters. The van der Waals surface area contributed by atoms with Crippen LogP contribution in [0, 0.1) is 0 Å². The largest absolute Gasteiger partial charge is 0.460 e. The molecule has 1 heterocycles. The first kappa shape index (κ1) is 13.4. The van der Waals surface area contributed by atoms with Crippen molar-refractivity contribution in [3.63, 3.8) is 0 Å². The highest BCUT2D eigenvalue weighted by Gasteiger charge is 2.40. The predicted octanol–water partition coefficient (Wildman–Crippen LogP) is 4.14. The van der Waals surface area contributed by atoms with Gasteiger partial charge in [-0.15, -0.1) is 0 Å². The zero-order valence-corrected chi connectivity index (χ0v) is 12.1. The summed E-state index contributed by atoms with van der Waals surface area (Å²) in [5, 5.41) is 0.930. The fourth-order valence-electron chi connectivity index (χ4n) is 3.06. The number of hydrogen-bond acceptors (Lipinski definition) is 3. The van der Waals surface area contributed by atoms with E-state index in [1.54, 1.807) is 7.11 Å². The Bertz CT molecular complexity index is 629. The number of carbonyl (C=O) groups excluding carboxylic acids is 1. The summed E-state index contributed by atoms with van der Waals surface area (Å²) in [4.78, 5) is 12.7. The average Bonchev–Trinajstić information content (AvgIpc) is 2.81. The summed E-state index contributed by atoms with van der Waals surface area (Å²) in [5.74, 6) is 0.940. The Labute approximate surface area is 118 Å². The van der Waals surface area contributed by atoms with Crippen molar-refractivity contribution in [2.45, 2.75) is 44.6 Å². The van der Waals surface area contributed by atoms with Crippen LogP contribution in [-0.4, -0.2) is 18.5 Å². The molecular weight excluding hydrogens is 252 g/mol. The molecule has 3 heteroatoms. The fraction of sp³-hybridized carbons (Fsp3) is 0.471. The molecule has 0 spiro atoms. The lowest BCUT2D eigenvalue weighted by molar-refractivity contribution is -0.0704. The minimum Gasteiger partial charge on any atom is -0.460 e. The van der Waals surface area contributed by atoms with E-state index in [1.807, 2.05) is 31.2 Å². The molecule has 0 bridgehead atoms. The van der Waals surface area contributed by atoms with Gasteiger partial charge in [-0.3, -0.25) is 4.79 Å². The van der Waals surface area contributed by atoms with E-state index in [9.17, 15) is 4.79 Å². The summed E-state index contributed by atoms with van der Waals surface area (Å²) in [6, 6.07) is 7.76. The van der Waals surface area contributed by atoms with Crippen molar-refractivity contribution in [3.8, 4) is 0 Å². The molecule has 1 fully saturated rings. The van der Waals surface area contributed by atoms with Crippen LogP contribution in [0.25, 0.3) is 11.0 Å². The summed E-state index contributed by atoms with van der Waals surface area (Å²) >= 11 is 0. The second-order valence-electron chi connectivity index (χ2n) is 5.59. The number of para-hydroxylation sites is 1. The van der Waals surface area contributed by atoms with Gasteiger partial charge in [-0.1, -0.05) is 25.1 Å². The highest BCUT2D eigenvalue weighted by Crippen LogP contribution is 2.40. The lowest BCUT2D eigenvalue weighted by Crippen LogP contribution is -2.41. The molecule has 1 aliphatic rings. The predicted molar refractivity (Wildman–Crippen MR) is 78.1 cm³/mol. The number of ketones is 1. The van der Waals surface area contributed by atoms with Crippen LogP contribution in [-0.2, 0) is 11.2 Å². The molecule has 1 saturated carbocycles. The molecule has 1 aromatic carbocycles. The Kier molecular flexibility index (Phi) is 3.38. The molecular formula is C17H20O3. The lowest BCUT2D eigenvalue weighted by Gasteiger charge is -2.40. The number of ether oxygens (including phenoxy) is 1.